The SMILES string of the molecule is Cc1ccc(-n2ccc(CNC(C)C)n2)c(Cl)c1. The summed E-state index contributed by atoms with van der Waals surface area (Å²) in [5, 5.41) is 8.58. The van der Waals surface area contributed by atoms with Crippen molar-refractivity contribution < 1.29 is 0 Å². The first-order chi connectivity index (χ1) is 8.56. The van der Waals surface area contributed by atoms with E-state index in [9.17, 15) is 0 Å². The molecule has 0 radical (unpaired) electrons. The highest BCUT2D eigenvalue weighted by atomic mass is 35.5. The molecule has 0 atom stereocenters. The summed E-state index contributed by atoms with van der Waals surface area (Å²) in [6.45, 7) is 7.03. The van der Waals surface area contributed by atoms with Crippen molar-refractivity contribution in [2.24, 2.45) is 0 Å². The van der Waals surface area contributed by atoms with Crippen LogP contribution in [0, 0.1) is 6.92 Å². The first-order valence-electron chi connectivity index (χ1n) is 6.10. The van der Waals surface area contributed by atoms with Crippen LogP contribution in [0.15, 0.2) is 30.5 Å². The van der Waals surface area contributed by atoms with Crippen molar-refractivity contribution in [2.45, 2.75) is 33.4 Å². The van der Waals surface area contributed by atoms with E-state index in [2.05, 4.69) is 24.3 Å². The van der Waals surface area contributed by atoms with Gasteiger partial charge in [-0.05, 0) is 30.7 Å². The van der Waals surface area contributed by atoms with Gasteiger partial charge in [0.2, 0.25) is 0 Å². The van der Waals surface area contributed by atoms with E-state index < -0.39 is 0 Å². The van der Waals surface area contributed by atoms with Crippen LogP contribution in [-0.4, -0.2) is 15.8 Å². The molecule has 2 aromatic rings. The van der Waals surface area contributed by atoms with Crippen LogP contribution in [0.3, 0.4) is 0 Å². The van der Waals surface area contributed by atoms with Gasteiger partial charge in [-0.2, -0.15) is 5.10 Å². The molecule has 1 heterocycles. The second kappa shape index (κ2) is 5.55. The lowest BCUT2D eigenvalue weighted by molar-refractivity contribution is 0.578. The number of halogens is 1. The lowest BCUT2D eigenvalue weighted by Gasteiger charge is -2.06. The smallest absolute Gasteiger partial charge is 0.0832 e. The Morgan fingerprint density at radius 3 is 2.78 bits per heavy atom. The second-order valence-corrected chi connectivity index (χ2v) is 5.15. The van der Waals surface area contributed by atoms with E-state index >= 15 is 0 Å². The van der Waals surface area contributed by atoms with Crippen molar-refractivity contribution in [1.29, 1.82) is 0 Å². The predicted octanol–water partition coefficient (Wildman–Crippen LogP) is 3.33. The molecule has 0 spiro atoms. The molecule has 1 N–H and O–H groups in total. The summed E-state index contributed by atoms with van der Waals surface area (Å²) in [5.74, 6) is 0. The first-order valence-corrected chi connectivity index (χ1v) is 6.48. The monoisotopic (exact) mass is 263 g/mol. The first kappa shape index (κ1) is 13.1. The molecule has 1 aromatic heterocycles. The normalized spacial score (nSPS) is 11.2. The summed E-state index contributed by atoms with van der Waals surface area (Å²) in [5.41, 5.74) is 3.08. The third-order valence-electron chi connectivity index (χ3n) is 2.69. The predicted molar refractivity (Wildman–Crippen MR) is 75.3 cm³/mol. The molecular formula is C14H18ClN3. The molecule has 0 aliphatic rings. The Morgan fingerprint density at radius 1 is 1.33 bits per heavy atom. The standard InChI is InChI=1S/C14H18ClN3/c1-10(2)16-9-12-6-7-18(17-12)14-5-4-11(3)8-13(14)15/h4-8,10,16H,9H2,1-3H3. The van der Waals surface area contributed by atoms with Gasteiger partial charge in [-0.25, -0.2) is 4.68 Å². The Labute approximate surface area is 113 Å². The summed E-state index contributed by atoms with van der Waals surface area (Å²) in [7, 11) is 0. The molecule has 0 amide bonds. The minimum Gasteiger partial charge on any atom is -0.309 e. The third-order valence-corrected chi connectivity index (χ3v) is 2.99. The summed E-state index contributed by atoms with van der Waals surface area (Å²) in [6, 6.07) is 8.44. The molecule has 1 aromatic carbocycles. The Kier molecular flexibility index (Phi) is 4.04. The van der Waals surface area contributed by atoms with Gasteiger partial charge in [0.05, 0.1) is 16.4 Å². The van der Waals surface area contributed by atoms with Gasteiger partial charge >= 0.3 is 0 Å². The topological polar surface area (TPSA) is 29.9 Å². The molecule has 0 saturated heterocycles. The van der Waals surface area contributed by atoms with E-state index in [1.807, 2.05) is 42.1 Å². The Hall–Kier alpha value is -1.32. The maximum absolute atomic E-state index is 6.22. The van der Waals surface area contributed by atoms with Gasteiger partial charge in [0.15, 0.2) is 0 Å². The fraction of sp³-hybridized carbons (Fsp3) is 0.357. The maximum atomic E-state index is 6.22. The number of hydrogen-bond acceptors (Lipinski definition) is 2. The third kappa shape index (κ3) is 3.12. The number of aromatic nitrogens is 2. The highest BCUT2D eigenvalue weighted by Gasteiger charge is 2.05. The molecule has 2 rings (SSSR count). The zero-order chi connectivity index (χ0) is 13.1. The molecular weight excluding hydrogens is 246 g/mol. The van der Waals surface area contributed by atoms with Crippen LogP contribution in [0.1, 0.15) is 25.1 Å². The number of benzene rings is 1. The lowest BCUT2D eigenvalue weighted by Crippen LogP contribution is -2.22. The van der Waals surface area contributed by atoms with Crippen LogP contribution < -0.4 is 5.32 Å². The number of aryl methyl sites for hydroxylation is 1. The van der Waals surface area contributed by atoms with Crippen LogP contribution in [0.25, 0.3) is 5.69 Å². The van der Waals surface area contributed by atoms with E-state index in [0.717, 1.165) is 28.5 Å². The molecule has 0 fully saturated rings. The maximum Gasteiger partial charge on any atom is 0.0832 e. The van der Waals surface area contributed by atoms with E-state index in [4.69, 9.17) is 11.6 Å². The minimum atomic E-state index is 0.457. The highest BCUT2D eigenvalue weighted by Crippen LogP contribution is 2.21. The summed E-state index contributed by atoms with van der Waals surface area (Å²) in [4.78, 5) is 0. The summed E-state index contributed by atoms with van der Waals surface area (Å²) in [6.07, 6.45) is 1.94. The molecule has 18 heavy (non-hydrogen) atoms. The number of nitrogens with one attached hydrogen (secondary N) is 1. The molecule has 0 bridgehead atoms. The number of hydrogen-bond donors (Lipinski definition) is 1. The number of rotatable bonds is 4. The molecule has 0 aliphatic heterocycles. The van der Waals surface area contributed by atoms with Gasteiger partial charge in [0, 0.05) is 18.8 Å². The largest absolute Gasteiger partial charge is 0.309 e. The molecule has 0 unspecified atom stereocenters. The van der Waals surface area contributed by atoms with Crippen molar-refractivity contribution >= 4 is 11.6 Å². The Morgan fingerprint density at radius 2 is 2.11 bits per heavy atom. The zero-order valence-corrected chi connectivity index (χ0v) is 11.7. The van der Waals surface area contributed by atoms with E-state index in [1.165, 1.54) is 0 Å². The molecule has 0 saturated carbocycles. The average Bonchev–Trinajstić information content (AvgIpc) is 2.75. The summed E-state index contributed by atoms with van der Waals surface area (Å²) >= 11 is 6.22. The Bertz CT molecular complexity index is 532. The van der Waals surface area contributed by atoms with Gasteiger partial charge in [0.1, 0.15) is 0 Å². The van der Waals surface area contributed by atoms with Crippen molar-refractivity contribution in [3.63, 3.8) is 0 Å². The van der Waals surface area contributed by atoms with Crippen LogP contribution >= 0.6 is 11.6 Å². The van der Waals surface area contributed by atoms with Crippen LogP contribution in [0.2, 0.25) is 5.02 Å². The van der Waals surface area contributed by atoms with Crippen LogP contribution in [0.5, 0.6) is 0 Å². The van der Waals surface area contributed by atoms with Crippen molar-refractivity contribution in [3.8, 4) is 5.69 Å². The van der Waals surface area contributed by atoms with Crippen molar-refractivity contribution in [1.82, 2.24) is 15.1 Å². The minimum absolute atomic E-state index is 0.457. The molecule has 3 nitrogen and oxygen atoms in total. The van der Waals surface area contributed by atoms with Crippen molar-refractivity contribution in [2.75, 3.05) is 0 Å². The van der Waals surface area contributed by atoms with Crippen LogP contribution in [-0.2, 0) is 6.54 Å². The zero-order valence-electron chi connectivity index (χ0n) is 10.9. The number of nitrogens with zero attached hydrogens (tertiary/aromatic N) is 2. The highest BCUT2D eigenvalue weighted by molar-refractivity contribution is 6.32. The fourth-order valence-corrected chi connectivity index (χ4v) is 2.02. The van der Waals surface area contributed by atoms with Gasteiger partial charge in [-0.15, -0.1) is 0 Å². The molecule has 0 aliphatic carbocycles. The quantitative estimate of drug-likeness (QED) is 0.917. The molecule has 96 valence electrons. The Balaban J connectivity index is 2.18. The van der Waals surface area contributed by atoms with Gasteiger partial charge in [-0.1, -0.05) is 31.5 Å². The summed E-state index contributed by atoms with van der Waals surface area (Å²) < 4.78 is 1.82. The lowest BCUT2D eigenvalue weighted by atomic mass is 10.2. The second-order valence-electron chi connectivity index (χ2n) is 4.74. The van der Waals surface area contributed by atoms with E-state index in [-0.39, 0.29) is 0 Å². The average molecular weight is 264 g/mol. The van der Waals surface area contributed by atoms with E-state index in [1.54, 1.807) is 0 Å². The van der Waals surface area contributed by atoms with Crippen molar-refractivity contribution in [3.05, 3.63) is 46.7 Å². The van der Waals surface area contributed by atoms with Crippen LogP contribution in [0.4, 0.5) is 0 Å². The fourth-order valence-electron chi connectivity index (χ4n) is 1.70. The van der Waals surface area contributed by atoms with Gasteiger partial charge in [0.25, 0.3) is 0 Å². The molecule has 4 heteroatoms. The van der Waals surface area contributed by atoms with Gasteiger partial charge < -0.3 is 5.32 Å². The van der Waals surface area contributed by atoms with E-state index in [0.29, 0.717) is 6.04 Å². The van der Waals surface area contributed by atoms with Gasteiger partial charge in [-0.3, -0.25) is 0 Å².